The van der Waals surface area contributed by atoms with Gasteiger partial charge in [-0.3, -0.25) is 4.79 Å². The van der Waals surface area contributed by atoms with Gasteiger partial charge in [0.1, 0.15) is 0 Å². The van der Waals surface area contributed by atoms with Gasteiger partial charge in [0.2, 0.25) is 0 Å². The van der Waals surface area contributed by atoms with Crippen molar-refractivity contribution in [2.24, 2.45) is 17.8 Å². The van der Waals surface area contributed by atoms with Gasteiger partial charge in [-0.05, 0) is 56.0 Å². The summed E-state index contributed by atoms with van der Waals surface area (Å²) >= 11 is 0. The Labute approximate surface area is 171 Å². The van der Waals surface area contributed by atoms with Crippen molar-refractivity contribution in [3.05, 3.63) is 48.3 Å². The fraction of sp³-hybridized carbons (Fsp3) is 0.545. The zero-order valence-corrected chi connectivity index (χ0v) is 16.7. The lowest BCUT2D eigenvalue weighted by atomic mass is 9.93. The number of nitrogens with zero attached hydrogens (tertiary/aromatic N) is 4. The van der Waals surface area contributed by atoms with E-state index in [1.54, 1.807) is 10.9 Å². The first-order valence-corrected chi connectivity index (χ1v) is 10.5. The number of aliphatic hydroxyl groups is 2. The Hall–Kier alpha value is -2.22. The molecule has 1 aromatic heterocycles. The number of aliphatic hydroxyl groups excluding tert-OH is 2. The van der Waals surface area contributed by atoms with Crippen molar-refractivity contribution in [1.29, 1.82) is 0 Å². The van der Waals surface area contributed by atoms with Crippen molar-refractivity contribution in [3.8, 4) is 5.69 Å². The van der Waals surface area contributed by atoms with Gasteiger partial charge in [-0.15, -0.1) is 0 Å². The van der Waals surface area contributed by atoms with Gasteiger partial charge < -0.3 is 20.0 Å². The van der Waals surface area contributed by atoms with Crippen molar-refractivity contribution >= 4 is 5.91 Å². The van der Waals surface area contributed by atoms with E-state index >= 15 is 0 Å². The van der Waals surface area contributed by atoms with Gasteiger partial charge in [0.05, 0.1) is 11.3 Å². The van der Waals surface area contributed by atoms with Crippen molar-refractivity contribution in [3.63, 3.8) is 0 Å². The first-order valence-electron chi connectivity index (χ1n) is 10.5. The lowest BCUT2D eigenvalue weighted by Gasteiger charge is -2.33. The average molecular weight is 399 g/mol. The molecule has 156 valence electrons. The first kappa shape index (κ1) is 20.1. The summed E-state index contributed by atoms with van der Waals surface area (Å²) in [4.78, 5) is 17.6. The minimum Gasteiger partial charge on any atom is -0.396 e. The van der Waals surface area contributed by atoms with Crippen LogP contribution in [0.4, 0.5) is 0 Å². The Morgan fingerprint density at radius 1 is 1.03 bits per heavy atom. The van der Waals surface area contributed by atoms with E-state index in [-0.39, 0.29) is 31.0 Å². The van der Waals surface area contributed by atoms with E-state index in [1.165, 1.54) is 0 Å². The van der Waals surface area contributed by atoms with E-state index in [9.17, 15) is 15.0 Å². The summed E-state index contributed by atoms with van der Waals surface area (Å²) in [6, 6.07) is 9.38. The third-order valence-corrected chi connectivity index (χ3v) is 6.44. The highest BCUT2D eigenvalue weighted by molar-refractivity contribution is 5.98. The van der Waals surface area contributed by atoms with Gasteiger partial charge >= 0.3 is 0 Å². The second kappa shape index (κ2) is 9.07. The lowest BCUT2D eigenvalue weighted by molar-refractivity contribution is 0.0776. The second-order valence-corrected chi connectivity index (χ2v) is 8.31. The van der Waals surface area contributed by atoms with E-state index in [2.05, 4.69) is 10.00 Å². The zero-order valence-electron chi connectivity index (χ0n) is 16.7. The molecule has 0 spiro atoms. The van der Waals surface area contributed by atoms with Crippen LogP contribution in [0.25, 0.3) is 5.69 Å². The average Bonchev–Trinajstić information content (AvgIpc) is 3.44. The summed E-state index contributed by atoms with van der Waals surface area (Å²) in [6.45, 7) is 4.48. The largest absolute Gasteiger partial charge is 0.396 e. The molecule has 4 rings (SSSR count). The van der Waals surface area contributed by atoms with Crippen LogP contribution in [0.15, 0.2) is 42.7 Å². The maximum Gasteiger partial charge on any atom is 0.256 e. The standard InChI is InChI=1S/C22H30N4O3/c27-15-17-6-10-24(11-7-17)12-18-13-25(14-19(18)16-28)22(29)20-4-1-2-5-21(20)26-9-3-8-23-26/h1-5,8-9,17-19,27-28H,6-7,10-16H2/t18-,19-/m1/s1. The quantitative estimate of drug-likeness (QED) is 0.766. The number of para-hydroxylation sites is 1. The Morgan fingerprint density at radius 3 is 2.48 bits per heavy atom. The van der Waals surface area contributed by atoms with Gasteiger partial charge in [0.15, 0.2) is 0 Å². The molecule has 2 atom stereocenters. The number of benzene rings is 1. The van der Waals surface area contributed by atoms with Crippen LogP contribution in [0, 0.1) is 17.8 Å². The minimum absolute atomic E-state index is 0.00367. The van der Waals surface area contributed by atoms with Gasteiger partial charge in [0, 0.05) is 51.2 Å². The number of amides is 1. The third-order valence-electron chi connectivity index (χ3n) is 6.44. The molecule has 0 aliphatic carbocycles. The number of aromatic nitrogens is 2. The highest BCUT2D eigenvalue weighted by Gasteiger charge is 2.37. The zero-order chi connectivity index (χ0) is 20.2. The van der Waals surface area contributed by atoms with Crippen LogP contribution in [0.5, 0.6) is 0 Å². The SMILES string of the molecule is O=C(c1ccccc1-n1cccn1)N1C[C@@H](CN2CCC(CO)CC2)[C@@H](CO)C1. The van der Waals surface area contributed by atoms with E-state index < -0.39 is 0 Å². The Balaban J connectivity index is 1.44. The summed E-state index contributed by atoms with van der Waals surface area (Å²) < 4.78 is 1.72. The molecule has 2 fully saturated rings. The molecule has 1 aromatic carbocycles. The van der Waals surface area contributed by atoms with Crippen molar-refractivity contribution in [2.45, 2.75) is 12.8 Å². The highest BCUT2D eigenvalue weighted by atomic mass is 16.3. The smallest absolute Gasteiger partial charge is 0.256 e. The molecule has 1 amide bonds. The van der Waals surface area contributed by atoms with Crippen LogP contribution >= 0.6 is 0 Å². The maximum absolute atomic E-state index is 13.3. The highest BCUT2D eigenvalue weighted by Crippen LogP contribution is 2.28. The molecule has 2 N–H and O–H groups in total. The summed E-state index contributed by atoms with van der Waals surface area (Å²) in [5.41, 5.74) is 1.41. The molecule has 0 saturated carbocycles. The van der Waals surface area contributed by atoms with Crippen molar-refractivity contribution in [1.82, 2.24) is 19.6 Å². The molecule has 7 nitrogen and oxygen atoms in total. The number of carbonyl (C=O) groups excluding carboxylic acids is 1. The van der Waals surface area contributed by atoms with E-state index in [0.29, 0.717) is 24.6 Å². The lowest BCUT2D eigenvalue weighted by Crippen LogP contribution is -2.40. The van der Waals surface area contributed by atoms with Gasteiger partial charge in [-0.1, -0.05) is 12.1 Å². The first-order chi connectivity index (χ1) is 14.2. The predicted octanol–water partition coefficient (Wildman–Crippen LogP) is 1.26. The fourth-order valence-corrected chi connectivity index (χ4v) is 4.64. The molecule has 7 heteroatoms. The molecule has 2 aliphatic rings. The second-order valence-electron chi connectivity index (χ2n) is 8.31. The number of hydrogen-bond donors (Lipinski definition) is 2. The molecule has 2 aromatic rings. The molecular formula is C22H30N4O3. The van der Waals surface area contributed by atoms with Crippen molar-refractivity contribution in [2.75, 3.05) is 45.9 Å². The van der Waals surface area contributed by atoms with E-state index in [4.69, 9.17) is 0 Å². The van der Waals surface area contributed by atoms with Crippen LogP contribution in [0.2, 0.25) is 0 Å². The van der Waals surface area contributed by atoms with E-state index in [0.717, 1.165) is 38.2 Å². The van der Waals surface area contributed by atoms with Crippen LogP contribution in [-0.2, 0) is 0 Å². The number of hydrogen-bond acceptors (Lipinski definition) is 5. The minimum atomic E-state index is -0.00367. The normalized spacial score (nSPS) is 23.6. The molecule has 0 unspecified atom stereocenters. The Morgan fingerprint density at radius 2 is 1.79 bits per heavy atom. The molecule has 0 radical (unpaired) electrons. The Bertz CT molecular complexity index is 802. The van der Waals surface area contributed by atoms with Crippen LogP contribution < -0.4 is 0 Å². The Kier molecular flexibility index (Phi) is 6.28. The van der Waals surface area contributed by atoms with Gasteiger partial charge in [0.25, 0.3) is 5.91 Å². The van der Waals surface area contributed by atoms with Crippen LogP contribution in [0.3, 0.4) is 0 Å². The molecule has 2 saturated heterocycles. The number of likely N-dealkylation sites (tertiary alicyclic amines) is 2. The molecular weight excluding hydrogens is 368 g/mol. The van der Waals surface area contributed by atoms with Gasteiger partial charge in [-0.2, -0.15) is 5.10 Å². The number of piperidine rings is 1. The number of rotatable bonds is 6. The third kappa shape index (κ3) is 4.37. The van der Waals surface area contributed by atoms with Gasteiger partial charge in [-0.25, -0.2) is 4.68 Å². The number of carbonyl (C=O) groups is 1. The summed E-state index contributed by atoms with van der Waals surface area (Å²) in [5.74, 6) is 0.786. The monoisotopic (exact) mass is 398 g/mol. The molecule has 29 heavy (non-hydrogen) atoms. The summed E-state index contributed by atoms with van der Waals surface area (Å²) in [6.07, 6.45) is 5.58. The summed E-state index contributed by atoms with van der Waals surface area (Å²) in [5, 5.41) is 23.5. The van der Waals surface area contributed by atoms with Crippen molar-refractivity contribution < 1.29 is 15.0 Å². The fourth-order valence-electron chi connectivity index (χ4n) is 4.64. The maximum atomic E-state index is 13.3. The molecule has 0 bridgehead atoms. The molecule has 3 heterocycles. The predicted molar refractivity (Wildman–Crippen MR) is 110 cm³/mol. The van der Waals surface area contributed by atoms with Crippen LogP contribution in [0.1, 0.15) is 23.2 Å². The summed E-state index contributed by atoms with van der Waals surface area (Å²) in [7, 11) is 0. The topological polar surface area (TPSA) is 81.8 Å². The van der Waals surface area contributed by atoms with Crippen LogP contribution in [-0.4, -0.2) is 81.6 Å². The van der Waals surface area contributed by atoms with E-state index in [1.807, 2.05) is 41.4 Å². The molecule has 2 aliphatic heterocycles.